The van der Waals surface area contributed by atoms with Crippen LogP contribution in [-0.2, 0) is 12.7 Å². The Bertz CT molecular complexity index is 593. The Morgan fingerprint density at radius 3 is 2.33 bits per heavy atom. The number of alkyl halides is 3. The van der Waals surface area contributed by atoms with E-state index in [1.807, 2.05) is 37.3 Å². The van der Waals surface area contributed by atoms with Crippen LogP contribution < -0.4 is 5.32 Å². The summed E-state index contributed by atoms with van der Waals surface area (Å²) in [6.45, 7) is 2.07. The summed E-state index contributed by atoms with van der Waals surface area (Å²) in [7, 11) is 0. The van der Waals surface area contributed by atoms with Crippen molar-refractivity contribution in [2.24, 2.45) is 0 Å². The molecule has 0 aliphatic heterocycles. The Morgan fingerprint density at radius 2 is 1.71 bits per heavy atom. The Kier molecular flexibility index (Phi) is 4.63. The van der Waals surface area contributed by atoms with Crippen molar-refractivity contribution in [1.82, 2.24) is 5.32 Å². The zero-order valence-corrected chi connectivity index (χ0v) is 11.4. The largest absolute Gasteiger partial charge is 0.416 e. The summed E-state index contributed by atoms with van der Waals surface area (Å²) < 4.78 is 51.2. The quantitative estimate of drug-likeness (QED) is 0.807. The van der Waals surface area contributed by atoms with E-state index in [4.69, 9.17) is 0 Å². The zero-order chi connectivity index (χ0) is 15.5. The lowest BCUT2D eigenvalue weighted by atomic mass is 10.1. The van der Waals surface area contributed by atoms with Crippen molar-refractivity contribution in [3.8, 4) is 0 Å². The minimum absolute atomic E-state index is 0.0381. The average molecular weight is 297 g/mol. The molecule has 1 N–H and O–H groups in total. The van der Waals surface area contributed by atoms with E-state index >= 15 is 0 Å². The van der Waals surface area contributed by atoms with Crippen molar-refractivity contribution in [3.63, 3.8) is 0 Å². The maximum atomic E-state index is 13.3. The first-order chi connectivity index (χ1) is 9.86. The van der Waals surface area contributed by atoms with Crippen molar-refractivity contribution in [2.45, 2.75) is 25.7 Å². The first-order valence-electron chi connectivity index (χ1n) is 6.51. The molecule has 21 heavy (non-hydrogen) atoms. The van der Waals surface area contributed by atoms with Crippen molar-refractivity contribution in [3.05, 3.63) is 71.0 Å². The highest BCUT2D eigenvalue weighted by Gasteiger charge is 2.31. The molecule has 0 fully saturated rings. The van der Waals surface area contributed by atoms with Crippen LogP contribution in [0.15, 0.2) is 48.5 Å². The molecule has 0 radical (unpaired) electrons. The van der Waals surface area contributed by atoms with Gasteiger partial charge in [-0.3, -0.25) is 0 Å². The van der Waals surface area contributed by atoms with Crippen molar-refractivity contribution in [1.29, 1.82) is 0 Å². The molecule has 0 unspecified atom stereocenters. The van der Waals surface area contributed by atoms with Gasteiger partial charge in [-0.05, 0) is 36.2 Å². The minimum atomic E-state index is -4.54. The Balaban J connectivity index is 2.08. The summed E-state index contributed by atoms with van der Waals surface area (Å²) in [6.07, 6.45) is -4.54. The predicted molar refractivity (Wildman–Crippen MR) is 73.1 cm³/mol. The van der Waals surface area contributed by atoms with Crippen LogP contribution in [0.25, 0.3) is 0 Å². The van der Waals surface area contributed by atoms with Gasteiger partial charge in [-0.25, -0.2) is 4.39 Å². The third-order valence-corrected chi connectivity index (χ3v) is 3.20. The molecule has 0 saturated carbocycles. The number of hydrogen-bond acceptors (Lipinski definition) is 1. The summed E-state index contributed by atoms with van der Waals surface area (Å²) >= 11 is 0. The fourth-order valence-electron chi connectivity index (χ4n) is 2.05. The predicted octanol–water partition coefficient (Wildman–Crippen LogP) is 4.70. The van der Waals surface area contributed by atoms with Crippen molar-refractivity contribution in [2.75, 3.05) is 0 Å². The molecule has 2 rings (SSSR count). The van der Waals surface area contributed by atoms with Gasteiger partial charge in [0.05, 0.1) is 5.56 Å². The number of nitrogens with one attached hydrogen (secondary N) is 1. The maximum absolute atomic E-state index is 13.3. The number of benzene rings is 2. The van der Waals surface area contributed by atoms with Gasteiger partial charge in [0.2, 0.25) is 0 Å². The summed E-state index contributed by atoms with van der Waals surface area (Å²) in [5.41, 5.74) is 0.321. The summed E-state index contributed by atoms with van der Waals surface area (Å²) in [5.74, 6) is -0.881. The molecule has 112 valence electrons. The van der Waals surface area contributed by atoms with Crippen LogP contribution >= 0.6 is 0 Å². The van der Waals surface area contributed by atoms with Crippen LogP contribution in [0.3, 0.4) is 0 Å². The molecule has 2 aromatic carbocycles. The highest BCUT2D eigenvalue weighted by molar-refractivity contribution is 5.27. The molecule has 0 bridgehead atoms. The molecule has 1 atom stereocenters. The first kappa shape index (κ1) is 15.5. The maximum Gasteiger partial charge on any atom is 0.416 e. The van der Waals surface area contributed by atoms with Crippen molar-refractivity contribution < 1.29 is 17.6 Å². The fraction of sp³-hybridized carbons (Fsp3) is 0.250. The van der Waals surface area contributed by atoms with Gasteiger partial charge < -0.3 is 5.32 Å². The van der Waals surface area contributed by atoms with Gasteiger partial charge in [0.25, 0.3) is 0 Å². The van der Waals surface area contributed by atoms with Gasteiger partial charge in [-0.1, -0.05) is 30.3 Å². The molecule has 2 aromatic rings. The minimum Gasteiger partial charge on any atom is -0.306 e. The lowest BCUT2D eigenvalue weighted by Crippen LogP contribution is -2.18. The van der Waals surface area contributed by atoms with Gasteiger partial charge >= 0.3 is 6.18 Å². The number of halogens is 4. The van der Waals surface area contributed by atoms with Crippen LogP contribution in [0.1, 0.15) is 29.7 Å². The molecule has 5 heteroatoms. The van der Waals surface area contributed by atoms with Gasteiger partial charge in [-0.15, -0.1) is 0 Å². The zero-order valence-electron chi connectivity index (χ0n) is 11.4. The monoisotopic (exact) mass is 297 g/mol. The third-order valence-electron chi connectivity index (χ3n) is 3.20. The lowest BCUT2D eigenvalue weighted by Gasteiger charge is -2.15. The second-order valence-corrected chi connectivity index (χ2v) is 4.86. The van der Waals surface area contributed by atoms with E-state index in [1.54, 1.807) is 0 Å². The van der Waals surface area contributed by atoms with Gasteiger partial charge in [0.1, 0.15) is 5.82 Å². The number of rotatable bonds is 4. The summed E-state index contributed by atoms with van der Waals surface area (Å²) in [4.78, 5) is 0. The lowest BCUT2D eigenvalue weighted by molar-refractivity contribution is -0.137. The van der Waals surface area contributed by atoms with Crippen LogP contribution in [0.4, 0.5) is 17.6 Å². The van der Waals surface area contributed by atoms with Crippen LogP contribution in [-0.4, -0.2) is 0 Å². The molecule has 0 saturated heterocycles. The van der Waals surface area contributed by atoms with Crippen LogP contribution in [0.5, 0.6) is 0 Å². The van der Waals surface area contributed by atoms with Gasteiger partial charge in [0.15, 0.2) is 0 Å². The van der Waals surface area contributed by atoms with Gasteiger partial charge in [0, 0.05) is 12.6 Å². The highest BCUT2D eigenvalue weighted by Crippen LogP contribution is 2.30. The van der Waals surface area contributed by atoms with Crippen molar-refractivity contribution >= 4 is 0 Å². The summed E-state index contributed by atoms with van der Waals surface area (Å²) in [6, 6.07) is 12.0. The second-order valence-electron chi connectivity index (χ2n) is 4.86. The Labute approximate surface area is 120 Å². The summed E-state index contributed by atoms with van der Waals surface area (Å²) in [5, 5.41) is 3.09. The standard InChI is InChI=1S/C16H15F4N/c1-11(13-5-3-2-4-6-13)21-10-12-7-14(16(18,19)20)9-15(17)8-12/h2-9,11,21H,10H2,1H3/t11-/m0/s1. The second kappa shape index (κ2) is 6.26. The molecule has 0 amide bonds. The van der Waals surface area contributed by atoms with Crippen LogP contribution in [0.2, 0.25) is 0 Å². The van der Waals surface area contributed by atoms with E-state index < -0.39 is 17.6 Å². The normalized spacial score (nSPS) is 13.2. The van der Waals surface area contributed by atoms with E-state index in [1.165, 1.54) is 0 Å². The molecular weight excluding hydrogens is 282 g/mol. The Hall–Kier alpha value is -1.88. The molecule has 0 spiro atoms. The molecular formula is C16H15F4N. The van der Waals surface area contributed by atoms with E-state index in [0.29, 0.717) is 6.07 Å². The fourth-order valence-corrected chi connectivity index (χ4v) is 2.05. The topological polar surface area (TPSA) is 12.0 Å². The molecule has 0 aliphatic carbocycles. The van der Waals surface area contributed by atoms with Crippen LogP contribution in [0, 0.1) is 5.82 Å². The first-order valence-corrected chi connectivity index (χ1v) is 6.51. The van der Waals surface area contributed by atoms with E-state index in [9.17, 15) is 17.6 Å². The molecule has 0 heterocycles. The van der Waals surface area contributed by atoms with E-state index in [0.717, 1.165) is 17.7 Å². The van der Waals surface area contributed by atoms with E-state index in [-0.39, 0.29) is 18.2 Å². The molecule has 0 aliphatic rings. The smallest absolute Gasteiger partial charge is 0.306 e. The highest BCUT2D eigenvalue weighted by atomic mass is 19.4. The average Bonchev–Trinajstić information content (AvgIpc) is 2.44. The number of hydrogen-bond donors (Lipinski definition) is 1. The third kappa shape index (κ3) is 4.29. The molecule has 0 aromatic heterocycles. The molecule has 1 nitrogen and oxygen atoms in total. The Morgan fingerprint density at radius 1 is 1.05 bits per heavy atom. The SMILES string of the molecule is C[C@H](NCc1cc(F)cc(C(F)(F)F)c1)c1ccccc1. The van der Waals surface area contributed by atoms with Gasteiger partial charge in [-0.2, -0.15) is 13.2 Å². The van der Waals surface area contributed by atoms with E-state index in [2.05, 4.69) is 5.32 Å².